The number of amides is 1. The van der Waals surface area contributed by atoms with Gasteiger partial charge in [-0.05, 0) is 25.1 Å². The monoisotopic (exact) mass is 259 g/mol. The lowest BCUT2D eigenvalue weighted by atomic mass is 10.2. The molecule has 0 aliphatic rings. The van der Waals surface area contributed by atoms with E-state index in [1.165, 1.54) is 25.4 Å². The van der Waals surface area contributed by atoms with Crippen molar-refractivity contribution in [2.75, 3.05) is 5.32 Å². The fraction of sp³-hybridized carbons (Fsp3) is 0.0769. The first-order chi connectivity index (χ1) is 9.06. The molecule has 0 bridgehead atoms. The Bertz CT molecular complexity index is 626. The molecule has 0 aromatic carbocycles. The van der Waals surface area contributed by atoms with E-state index < -0.39 is 11.7 Å². The van der Waals surface area contributed by atoms with Crippen molar-refractivity contribution in [3.05, 3.63) is 53.7 Å². The Balaban J connectivity index is 2.13. The molecule has 0 saturated carbocycles. The summed E-state index contributed by atoms with van der Waals surface area (Å²) in [7, 11) is 0. The second-order valence-corrected chi connectivity index (χ2v) is 3.83. The largest absolute Gasteiger partial charge is 0.307 e. The highest BCUT2D eigenvalue weighted by atomic mass is 19.1. The van der Waals surface area contributed by atoms with Crippen molar-refractivity contribution in [1.82, 2.24) is 9.97 Å². The van der Waals surface area contributed by atoms with Gasteiger partial charge in [0.05, 0.1) is 11.8 Å². The van der Waals surface area contributed by atoms with E-state index in [0.717, 1.165) is 12.3 Å². The van der Waals surface area contributed by atoms with Crippen LogP contribution in [0.5, 0.6) is 0 Å². The minimum absolute atomic E-state index is 0.0949. The average Bonchev–Trinajstić information content (AvgIpc) is 2.39. The molecule has 0 radical (unpaired) electrons. The van der Waals surface area contributed by atoms with Crippen LogP contribution in [0.4, 0.5) is 10.2 Å². The van der Waals surface area contributed by atoms with Crippen LogP contribution in [-0.2, 0) is 0 Å². The van der Waals surface area contributed by atoms with Crippen LogP contribution in [0, 0.1) is 5.82 Å². The van der Waals surface area contributed by atoms with E-state index in [1.807, 2.05) is 0 Å². The van der Waals surface area contributed by atoms with Gasteiger partial charge in [-0.1, -0.05) is 0 Å². The van der Waals surface area contributed by atoms with Crippen LogP contribution in [0.25, 0.3) is 0 Å². The van der Waals surface area contributed by atoms with Crippen molar-refractivity contribution >= 4 is 17.5 Å². The first-order valence-corrected chi connectivity index (χ1v) is 5.45. The molecule has 0 fully saturated rings. The number of carbonyl (C=O) groups excluding carboxylic acids is 2. The number of hydrogen-bond acceptors (Lipinski definition) is 4. The second-order valence-electron chi connectivity index (χ2n) is 3.83. The third kappa shape index (κ3) is 3.19. The summed E-state index contributed by atoms with van der Waals surface area (Å²) in [5, 5.41) is 2.48. The van der Waals surface area contributed by atoms with Crippen LogP contribution >= 0.6 is 0 Å². The maximum absolute atomic E-state index is 12.9. The van der Waals surface area contributed by atoms with Crippen LogP contribution in [0.2, 0.25) is 0 Å². The molecule has 0 aliphatic carbocycles. The van der Waals surface area contributed by atoms with Crippen molar-refractivity contribution in [1.29, 1.82) is 0 Å². The third-order valence-electron chi connectivity index (χ3n) is 2.38. The van der Waals surface area contributed by atoms with Gasteiger partial charge < -0.3 is 5.32 Å². The highest BCUT2D eigenvalue weighted by molar-refractivity contribution is 6.03. The molecule has 6 heteroatoms. The molecule has 0 atom stereocenters. The zero-order valence-electron chi connectivity index (χ0n) is 10.1. The Kier molecular flexibility index (Phi) is 3.61. The molecule has 96 valence electrons. The molecule has 0 aliphatic heterocycles. The molecule has 0 saturated heterocycles. The Hall–Kier alpha value is -2.63. The fourth-order valence-corrected chi connectivity index (χ4v) is 1.40. The molecule has 2 aromatic heterocycles. The third-order valence-corrected chi connectivity index (χ3v) is 2.38. The number of rotatable bonds is 3. The topological polar surface area (TPSA) is 72.0 Å². The Morgan fingerprint density at radius 2 is 1.95 bits per heavy atom. The molecule has 2 rings (SSSR count). The molecule has 2 aromatic rings. The first-order valence-electron chi connectivity index (χ1n) is 5.45. The van der Waals surface area contributed by atoms with E-state index in [-0.39, 0.29) is 17.2 Å². The Morgan fingerprint density at radius 1 is 1.16 bits per heavy atom. The van der Waals surface area contributed by atoms with Crippen LogP contribution in [0.15, 0.2) is 36.8 Å². The summed E-state index contributed by atoms with van der Waals surface area (Å²) in [5.41, 5.74) is 0.544. The quantitative estimate of drug-likeness (QED) is 0.856. The lowest BCUT2D eigenvalue weighted by Crippen LogP contribution is -2.13. The number of hydrogen-bond donors (Lipinski definition) is 1. The molecule has 0 unspecified atom stereocenters. The van der Waals surface area contributed by atoms with Gasteiger partial charge in [0.1, 0.15) is 11.6 Å². The van der Waals surface area contributed by atoms with Crippen LogP contribution in [0.3, 0.4) is 0 Å². The normalized spacial score (nSPS) is 10.0. The highest BCUT2D eigenvalue weighted by Gasteiger charge is 2.08. The summed E-state index contributed by atoms with van der Waals surface area (Å²) in [5.74, 6) is -0.943. The predicted molar refractivity (Wildman–Crippen MR) is 66.4 cm³/mol. The summed E-state index contributed by atoms with van der Waals surface area (Å²) >= 11 is 0. The predicted octanol–water partition coefficient (Wildman–Crippen LogP) is 2.07. The molecular formula is C13H10FN3O2. The summed E-state index contributed by atoms with van der Waals surface area (Å²) in [6, 6.07) is 4.13. The van der Waals surface area contributed by atoms with Crippen LogP contribution in [-0.4, -0.2) is 21.7 Å². The van der Waals surface area contributed by atoms with Gasteiger partial charge in [0, 0.05) is 18.0 Å². The summed E-state index contributed by atoms with van der Waals surface area (Å²) in [6.07, 6.45) is 3.63. The van der Waals surface area contributed by atoms with Crippen molar-refractivity contribution in [2.24, 2.45) is 0 Å². The highest BCUT2D eigenvalue weighted by Crippen LogP contribution is 2.08. The summed E-state index contributed by atoms with van der Waals surface area (Å²) in [6.45, 7) is 1.42. The number of nitrogens with one attached hydrogen (secondary N) is 1. The maximum Gasteiger partial charge on any atom is 0.258 e. The summed E-state index contributed by atoms with van der Waals surface area (Å²) < 4.78 is 12.9. The summed E-state index contributed by atoms with van der Waals surface area (Å²) in [4.78, 5) is 30.3. The zero-order valence-corrected chi connectivity index (χ0v) is 10.1. The lowest BCUT2D eigenvalue weighted by Gasteiger charge is -2.04. The number of nitrogens with zero attached hydrogens (tertiary/aromatic N) is 2. The Morgan fingerprint density at radius 3 is 2.53 bits per heavy atom. The average molecular weight is 259 g/mol. The van der Waals surface area contributed by atoms with Gasteiger partial charge in [-0.2, -0.15) is 0 Å². The van der Waals surface area contributed by atoms with E-state index in [9.17, 15) is 14.0 Å². The lowest BCUT2D eigenvalue weighted by molar-refractivity contribution is 0.101. The van der Waals surface area contributed by atoms with Gasteiger partial charge in [-0.3, -0.25) is 14.6 Å². The van der Waals surface area contributed by atoms with Crippen molar-refractivity contribution < 1.29 is 14.0 Å². The van der Waals surface area contributed by atoms with Crippen LogP contribution < -0.4 is 5.32 Å². The van der Waals surface area contributed by atoms with E-state index >= 15 is 0 Å². The van der Waals surface area contributed by atoms with Crippen molar-refractivity contribution in [3.8, 4) is 0 Å². The van der Waals surface area contributed by atoms with Gasteiger partial charge in [0.2, 0.25) is 0 Å². The smallest absolute Gasteiger partial charge is 0.258 e. The number of anilines is 1. The zero-order chi connectivity index (χ0) is 13.8. The molecule has 2 heterocycles. The molecule has 19 heavy (non-hydrogen) atoms. The van der Waals surface area contributed by atoms with Gasteiger partial charge >= 0.3 is 0 Å². The molecule has 5 nitrogen and oxygen atoms in total. The van der Waals surface area contributed by atoms with E-state index in [2.05, 4.69) is 15.3 Å². The number of Topliss-reactive ketones (excluding diaryl/α,β-unsaturated/α-hetero) is 1. The minimum atomic E-state index is -0.590. The molecule has 0 spiro atoms. The van der Waals surface area contributed by atoms with E-state index in [1.54, 1.807) is 6.07 Å². The first kappa shape index (κ1) is 12.8. The minimum Gasteiger partial charge on any atom is -0.307 e. The van der Waals surface area contributed by atoms with Gasteiger partial charge in [-0.25, -0.2) is 9.37 Å². The van der Waals surface area contributed by atoms with Gasteiger partial charge in [0.15, 0.2) is 5.78 Å². The van der Waals surface area contributed by atoms with Gasteiger partial charge in [0.25, 0.3) is 5.91 Å². The number of ketones is 1. The SMILES string of the molecule is CC(=O)c1ccc(NC(=O)c2cncc(F)c2)nc1. The second kappa shape index (κ2) is 5.34. The number of pyridine rings is 2. The standard InChI is InChI=1S/C13H10FN3O2/c1-8(18)9-2-3-12(16-6-9)17-13(19)10-4-11(14)7-15-5-10/h2-7H,1H3,(H,16,17,19). The van der Waals surface area contributed by atoms with E-state index in [4.69, 9.17) is 0 Å². The molecular weight excluding hydrogens is 249 g/mol. The van der Waals surface area contributed by atoms with Crippen molar-refractivity contribution in [3.63, 3.8) is 0 Å². The molecule has 1 N–H and O–H groups in total. The van der Waals surface area contributed by atoms with Crippen molar-refractivity contribution in [2.45, 2.75) is 6.92 Å². The number of halogens is 1. The molecule has 1 amide bonds. The maximum atomic E-state index is 12.9. The van der Waals surface area contributed by atoms with Gasteiger partial charge in [-0.15, -0.1) is 0 Å². The Labute approximate surface area is 108 Å². The van der Waals surface area contributed by atoms with E-state index in [0.29, 0.717) is 5.56 Å². The number of carbonyl (C=O) groups is 2. The fourth-order valence-electron chi connectivity index (χ4n) is 1.40. The van der Waals surface area contributed by atoms with Crippen LogP contribution in [0.1, 0.15) is 27.6 Å². The number of aromatic nitrogens is 2.